The van der Waals surface area contributed by atoms with Crippen molar-refractivity contribution < 1.29 is 28.2 Å². The first-order valence-corrected chi connectivity index (χ1v) is 10.4. The third kappa shape index (κ3) is 4.58. The van der Waals surface area contributed by atoms with E-state index in [1.54, 1.807) is 12.1 Å². The van der Waals surface area contributed by atoms with Crippen molar-refractivity contribution >= 4 is 38.9 Å². The molecular formula is C20H17ClN2O6S. The van der Waals surface area contributed by atoms with Gasteiger partial charge in [-0.15, -0.1) is 0 Å². The molecule has 3 aromatic rings. The molecule has 30 heavy (non-hydrogen) atoms. The van der Waals surface area contributed by atoms with Crippen molar-refractivity contribution in [3.8, 4) is 17.2 Å². The number of para-hydroxylation sites is 1. The second kappa shape index (κ2) is 8.52. The largest absolute Gasteiger partial charge is 0.506 e. The molecule has 3 aromatic carbocycles. The van der Waals surface area contributed by atoms with Crippen molar-refractivity contribution in [3.63, 3.8) is 0 Å². The molecule has 3 rings (SSSR count). The number of aromatic hydroxyl groups is 2. The van der Waals surface area contributed by atoms with Gasteiger partial charge in [0.05, 0.1) is 28.9 Å². The molecule has 0 unspecified atom stereocenters. The van der Waals surface area contributed by atoms with Gasteiger partial charge in [0.2, 0.25) is 0 Å². The number of carbonyl (C=O) groups excluding carboxylic acids is 1. The summed E-state index contributed by atoms with van der Waals surface area (Å²) in [6, 6.07) is 13.9. The molecule has 0 spiro atoms. The Morgan fingerprint density at radius 3 is 2.47 bits per heavy atom. The maximum Gasteiger partial charge on any atom is 0.261 e. The van der Waals surface area contributed by atoms with E-state index in [0.29, 0.717) is 5.02 Å². The van der Waals surface area contributed by atoms with E-state index in [4.69, 9.17) is 16.3 Å². The predicted molar refractivity (Wildman–Crippen MR) is 113 cm³/mol. The van der Waals surface area contributed by atoms with E-state index < -0.39 is 15.9 Å². The average Bonchev–Trinajstić information content (AvgIpc) is 2.69. The minimum Gasteiger partial charge on any atom is -0.506 e. The van der Waals surface area contributed by atoms with Gasteiger partial charge in [0, 0.05) is 5.02 Å². The second-order valence-corrected chi connectivity index (χ2v) is 8.22. The fourth-order valence-corrected chi connectivity index (χ4v) is 3.87. The molecule has 0 aliphatic carbocycles. The Morgan fingerprint density at radius 2 is 1.77 bits per heavy atom. The van der Waals surface area contributed by atoms with Crippen molar-refractivity contribution in [2.24, 2.45) is 0 Å². The number of methoxy groups -OCH3 is 1. The fourth-order valence-electron chi connectivity index (χ4n) is 2.61. The topological polar surface area (TPSA) is 125 Å². The molecular weight excluding hydrogens is 432 g/mol. The zero-order chi connectivity index (χ0) is 21.9. The van der Waals surface area contributed by atoms with Crippen LogP contribution in [0.1, 0.15) is 10.4 Å². The summed E-state index contributed by atoms with van der Waals surface area (Å²) < 4.78 is 32.7. The molecule has 0 aliphatic heterocycles. The number of carbonyl (C=O) groups is 1. The number of hydrogen-bond acceptors (Lipinski definition) is 6. The molecule has 0 aromatic heterocycles. The third-order valence-electron chi connectivity index (χ3n) is 4.07. The van der Waals surface area contributed by atoms with Crippen molar-refractivity contribution in [2.75, 3.05) is 17.1 Å². The Labute approximate surface area is 177 Å². The monoisotopic (exact) mass is 448 g/mol. The number of phenols is 2. The first kappa shape index (κ1) is 21.3. The lowest BCUT2D eigenvalue weighted by atomic mass is 10.1. The molecule has 0 bridgehead atoms. The zero-order valence-electron chi connectivity index (χ0n) is 15.6. The predicted octanol–water partition coefficient (Wildman–Crippen LogP) is 3.81. The highest BCUT2D eigenvalue weighted by atomic mass is 35.5. The smallest absolute Gasteiger partial charge is 0.261 e. The first-order valence-electron chi connectivity index (χ1n) is 8.50. The summed E-state index contributed by atoms with van der Waals surface area (Å²) in [5, 5.41) is 22.9. The van der Waals surface area contributed by atoms with E-state index in [2.05, 4.69) is 10.0 Å². The van der Waals surface area contributed by atoms with Crippen LogP contribution in [0.15, 0.2) is 65.6 Å². The molecule has 0 heterocycles. The van der Waals surface area contributed by atoms with Crippen LogP contribution in [-0.2, 0) is 10.0 Å². The Hall–Kier alpha value is -3.43. The number of phenolic OH excluding ortho intramolecular Hbond substituents is 2. The molecule has 156 valence electrons. The van der Waals surface area contributed by atoms with Crippen LogP contribution < -0.4 is 14.8 Å². The highest BCUT2D eigenvalue weighted by Gasteiger charge is 2.20. The van der Waals surface area contributed by atoms with Crippen LogP contribution in [0.25, 0.3) is 0 Å². The van der Waals surface area contributed by atoms with Crippen LogP contribution in [0.4, 0.5) is 11.4 Å². The van der Waals surface area contributed by atoms with Crippen LogP contribution in [0.3, 0.4) is 0 Å². The number of hydrogen-bond donors (Lipinski definition) is 4. The molecule has 1 amide bonds. The number of amides is 1. The number of benzene rings is 3. The van der Waals surface area contributed by atoms with Crippen molar-refractivity contribution in [2.45, 2.75) is 4.90 Å². The number of ether oxygens (including phenoxy) is 1. The first-order chi connectivity index (χ1) is 14.2. The highest BCUT2D eigenvalue weighted by molar-refractivity contribution is 7.92. The summed E-state index contributed by atoms with van der Waals surface area (Å²) in [6.45, 7) is 0. The lowest BCUT2D eigenvalue weighted by Gasteiger charge is -2.13. The van der Waals surface area contributed by atoms with Gasteiger partial charge in [0.15, 0.2) is 11.5 Å². The number of halogens is 1. The molecule has 0 radical (unpaired) electrons. The lowest BCUT2D eigenvalue weighted by Crippen LogP contribution is -2.15. The standard InChI is InChI=1S/C20H17ClN2O6S/c1-29-18-7-3-6-15(19(18)25)20(26)22-16-11-14(8-9-17(16)24)30(27,28)23-13-5-2-4-12(21)10-13/h2-11,23-25H,1H3,(H,22,26). The summed E-state index contributed by atoms with van der Waals surface area (Å²) in [4.78, 5) is 12.3. The van der Waals surface area contributed by atoms with Crippen LogP contribution in [-0.4, -0.2) is 31.6 Å². The van der Waals surface area contributed by atoms with Gasteiger partial charge in [-0.1, -0.05) is 23.7 Å². The molecule has 4 N–H and O–H groups in total. The Bertz CT molecular complexity index is 1210. The van der Waals surface area contributed by atoms with Gasteiger partial charge in [-0.05, 0) is 48.5 Å². The Morgan fingerprint density at radius 1 is 1.03 bits per heavy atom. The van der Waals surface area contributed by atoms with Gasteiger partial charge in [-0.25, -0.2) is 8.42 Å². The van der Waals surface area contributed by atoms with Gasteiger partial charge in [-0.2, -0.15) is 0 Å². The number of anilines is 2. The van der Waals surface area contributed by atoms with E-state index >= 15 is 0 Å². The van der Waals surface area contributed by atoms with E-state index in [1.807, 2.05) is 0 Å². The lowest BCUT2D eigenvalue weighted by molar-refractivity contribution is 0.102. The third-order valence-corrected chi connectivity index (χ3v) is 5.68. The fraction of sp³-hybridized carbons (Fsp3) is 0.0500. The van der Waals surface area contributed by atoms with Gasteiger partial charge >= 0.3 is 0 Å². The molecule has 8 nitrogen and oxygen atoms in total. The summed E-state index contributed by atoms with van der Waals surface area (Å²) >= 11 is 5.87. The van der Waals surface area contributed by atoms with Crippen LogP contribution >= 0.6 is 11.6 Å². The SMILES string of the molecule is COc1cccc(C(=O)Nc2cc(S(=O)(=O)Nc3cccc(Cl)c3)ccc2O)c1O. The van der Waals surface area contributed by atoms with E-state index in [0.717, 1.165) is 12.1 Å². The van der Waals surface area contributed by atoms with Crippen molar-refractivity contribution in [1.82, 2.24) is 0 Å². The summed E-state index contributed by atoms with van der Waals surface area (Å²) in [5.74, 6) is -1.41. The molecule has 0 saturated carbocycles. The minimum absolute atomic E-state index is 0.0916. The maximum atomic E-state index is 12.7. The molecule has 0 aliphatic rings. The normalized spacial score (nSPS) is 11.0. The maximum absolute atomic E-state index is 12.7. The number of rotatable bonds is 6. The van der Waals surface area contributed by atoms with Gasteiger partial charge in [0.1, 0.15) is 5.75 Å². The molecule has 0 fully saturated rings. The van der Waals surface area contributed by atoms with Crippen molar-refractivity contribution in [3.05, 3.63) is 71.2 Å². The summed E-state index contributed by atoms with van der Waals surface area (Å²) in [5.41, 5.74) is -0.0160. The number of sulfonamides is 1. The highest BCUT2D eigenvalue weighted by Crippen LogP contribution is 2.32. The van der Waals surface area contributed by atoms with Gasteiger partial charge in [0.25, 0.3) is 15.9 Å². The van der Waals surface area contributed by atoms with Crippen LogP contribution in [0.2, 0.25) is 5.02 Å². The molecule has 10 heteroatoms. The molecule has 0 atom stereocenters. The Kier molecular flexibility index (Phi) is 6.04. The number of nitrogens with one attached hydrogen (secondary N) is 2. The van der Waals surface area contributed by atoms with Gasteiger partial charge in [-0.3, -0.25) is 9.52 Å². The summed E-state index contributed by atoms with van der Waals surface area (Å²) in [7, 11) is -2.69. The quantitative estimate of drug-likeness (QED) is 0.425. The average molecular weight is 449 g/mol. The second-order valence-electron chi connectivity index (χ2n) is 6.11. The minimum atomic E-state index is -4.03. The van der Waals surface area contributed by atoms with Crippen molar-refractivity contribution in [1.29, 1.82) is 0 Å². The zero-order valence-corrected chi connectivity index (χ0v) is 17.2. The van der Waals surface area contributed by atoms with E-state index in [-0.39, 0.29) is 39.1 Å². The van der Waals surface area contributed by atoms with Crippen LogP contribution in [0, 0.1) is 0 Å². The Balaban J connectivity index is 1.89. The van der Waals surface area contributed by atoms with Crippen LogP contribution in [0.5, 0.6) is 17.2 Å². The van der Waals surface area contributed by atoms with E-state index in [1.165, 1.54) is 43.5 Å². The van der Waals surface area contributed by atoms with E-state index in [9.17, 15) is 23.4 Å². The molecule has 0 saturated heterocycles. The van der Waals surface area contributed by atoms with Gasteiger partial charge < -0.3 is 20.3 Å². The summed E-state index contributed by atoms with van der Waals surface area (Å²) in [6.07, 6.45) is 0.